The van der Waals surface area contributed by atoms with Gasteiger partial charge in [-0.15, -0.1) is 0 Å². The van der Waals surface area contributed by atoms with Crippen molar-refractivity contribution in [2.24, 2.45) is 23.7 Å². The minimum absolute atomic E-state index is 0.0786. The highest BCUT2D eigenvalue weighted by Gasteiger charge is 2.55. The average Bonchev–Trinajstić information content (AvgIpc) is 3.27. The van der Waals surface area contributed by atoms with Gasteiger partial charge in [0, 0.05) is 18.8 Å². The molecule has 64 heavy (non-hydrogen) atoms. The molecule has 4 aromatic carbocycles. The van der Waals surface area contributed by atoms with Crippen LogP contribution in [0.5, 0.6) is 0 Å². The Morgan fingerprint density at radius 1 is 0.719 bits per heavy atom. The largest absolute Gasteiger partial charge is 0.462 e. The van der Waals surface area contributed by atoms with Crippen LogP contribution in [-0.4, -0.2) is 64.2 Å². The number of aliphatic hydroxyl groups excluding tert-OH is 1. The summed E-state index contributed by atoms with van der Waals surface area (Å²) < 4.78 is 28.0. The van der Waals surface area contributed by atoms with Gasteiger partial charge in [-0.1, -0.05) is 190 Å². The van der Waals surface area contributed by atoms with Crippen molar-refractivity contribution in [3.8, 4) is 0 Å². The SMILES string of the molecule is CC[C@H](C)C(=O)O[C@H]1C[C@H](O[Si](c2ccccc2)(c2ccccc2)C(C)(C)C)C=C2[C@H]1[C@@H](CC[C@@H]1C[C@@H](O[Si](c3ccccc3)(c3ccccc3)C(C)(C)C)CC(=O)O1)[C@@H](C)C[C@@H]2O. The molecule has 1 aliphatic heterocycles. The van der Waals surface area contributed by atoms with Crippen LogP contribution in [0.4, 0.5) is 0 Å². The average molecular weight is 901 g/mol. The highest BCUT2D eigenvalue weighted by molar-refractivity contribution is 7.00. The number of hydrogen-bond acceptors (Lipinski definition) is 7. The van der Waals surface area contributed by atoms with Crippen molar-refractivity contribution in [1.82, 2.24) is 0 Å². The zero-order valence-corrected chi connectivity index (χ0v) is 41.7. The molecule has 4 aromatic rings. The molecule has 9 heteroatoms. The zero-order valence-electron chi connectivity index (χ0n) is 39.7. The molecule has 0 radical (unpaired) electrons. The second-order valence-electron chi connectivity index (χ2n) is 21.0. The summed E-state index contributed by atoms with van der Waals surface area (Å²) in [6.45, 7) is 19.8. The summed E-state index contributed by atoms with van der Waals surface area (Å²) >= 11 is 0. The predicted octanol–water partition coefficient (Wildman–Crippen LogP) is 9.28. The second-order valence-corrected chi connectivity index (χ2v) is 29.5. The molecule has 1 saturated carbocycles. The summed E-state index contributed by atoms with van der Waals surface area (Å²) in [7, 11) is -5.90. The van der Waals surface area contributed by atoms with E-state index < -0.39 is 34.9 Å². The molecular weight excluding hydrogens is 829 g/mol. The first-order valence-corrected chi connectivity index (χ1v) is 27.7. The number of ether oxygens (including phenoxy) is 2. The van der Waals surface area contributed by atoms with Crippen LogP contribution in [0.15, 0.2) is 133 Å². The predicted molar refractivity (Wildman–Crippen MR) is 262 cm³/mol. The molecule has 342 valence electrons. The van der Waals surface area contributed by atoms with Crippen LogP contribution in [0.25, 0.3) is 0 Å². The topological polar surface area (TPSA) is 91.3 Å². The highest BCUT2D eigenvalue weighted by Crippen LogP contribution is 2.49. The molecule has 1 N–H and O–H groups in total. The van der Waals surface area contributed by atoms with Gasteiger partial charge in [0.15, 0.2) is 0 Å². The van der Waals surface area contributed by atoms with E-state index in [-0.39, 0.29) is 64.3 Å². The lowest BCUT2D eigenvalue weighted by Gasteiger charge is -2.50. The Bertz CT molecular complexity index is 2100. The molecular formula is C55H72O7Si2. The van der Waals surface area contributed by atoms with E-state index in [2.05, 4.69) is 152 Å². The molecule has 1 saturated heterocycles. The van der Waals surface area contributed by atoms with E-state index >= 15 is 0 Å². The van der Waals surface area contributed by atoms with E-state index in [1.165, 1.54) is 20.7 Å². The minimum Gasteiger partial charge on any atom is -0.462 e. The summed E-state index contributed by atoms with van der Waals surface area (Å²) in [5.41, 5.74) is 0.910. The fourth-order valence-corrected chi connectivity index (χ4v) is 20.6. The Morgan fingerprint density at radius 3 is 1.64 bits per heavy atom. The standard InChI is InChI=1S/C55H72O7Si2/c1-10-38(2)53(58)60-50-36-42(62-64(55(7,8)9,45-27-19-13-20-28-45)46-29-21-14-22-30-46)35-48-49(56)33-39(3)47(52(48)50)32-31-40-34-41(37-51(57)59-40)61-63(54(4,5)6,43-23-15-11-16-24-43)44-25-17-12-18-26-44/h11-30,35,38-42,47,49-50,52,56H,10,31-34,36-37H2,1-9H3/t38-,39-,40+,41+,42+,47-,49-,50-,52+/m0/s1. The summed E-state index contributed by atoms with van der Waals surface area (Å²) in [6, 6.07) is 42.4. The lowest BCUT2D eigenvalue weighted by molar-refractivity contribution is -0.163. The number of hydrogen-bond donors (Lipinski definition) is 1. The van der Waals surface area contributed by atoms with Crippen molar-refractivity contribution in [2.75, 3.05) is 0 Å². The van der Waals surface area contributed by atoms with Gasteiger partial charge in [-0.05, 0) is 73.9 Å². The summed E-state index contributed by atoms with van der Waals surface area (Å²) in [4.78, 5) is 27.4. The Morgan fingerprint density at radius 2 is 1.19 bits per heavy atom. The van der Waals surface area contributed by atoms with Crippen molar-refractivity contribution >= 4 is 49.3 Å². The van der Waals surface area contributed by atoms with Crippen molar-refractivity contribution in [3.63, 3.8) is 0 Å². The maximum Gasteiger partial charge on any atom is 0.308 e. The summed E-state index contributed by atoms with van der Waals surface area (Å²) in [5.74, 6) is -0.685. The van der Waals surface area contributed by atoms with Gasteiger partial charge in [-0.2, -0.15) is 0 Å². The number of carbonyl (C=O) groups is 2. The molecule has 0 unspecified atom stereocenters. The van der Waals surface area contributed by atoms with E-state index in [9.17, 15) is 14.7 Å². The van der Waals surface area contributed by atoms with Gasteiger partial charge in [0.25, 0.3) is 16.6 Å². The Labute approximate surface area is 385 Å². The lowest BCUT2D eigenvalue weighted by atomic mass is 9.62. The summed E-state index contributed by atoms with van der Waals surface area (Å²) in [6.07, 6.45) is 3.94. The van der Waals surface area contributed by atoms with Crippen LogP contribution < -0.4 is 20.7 Å². The Balaban J connectivity index is 1.20. The number of rotatable bonds is 14. The summed E-state index contributed by atoms with van der Waals surface area (Å²) in [5, 5.41) is 16.3. The van der Waals surface area contributed by atoms with E-state index in [1.807, 2.05) is 38.1 Å². The number of benzene rings is 4. The Hall–Kier alpha value is -4.13. The monoisotopic (exact) mass is 900 g/mol. The first-order valence-electron chi connectivity index (χ1n) is 23.9. The second kappa shape index (κ2) is 19.8. The third-order valence-electron chi connectivity index (χ3n) is 14.6. The lowest BCUT2D eigenvalue weighted by Crippen LogP contribution is -2.68. The van der Waals surface area contributed by atoms with Crippen LogP contribution in [0.1, 0.15) is 107 Å². The van der Waals surface area contributed by atoms with Crippen LogP contribution in [-0.2, 0) is 27.9 Å². The molecule has 0 bridgehead atoms. The molecule has 3 aliphatic rings. The molecule has 2 fully saturated rings. The third-order valence-corrected chi connectivity index (χ3v) is 24.8. The van der Waals surface area contributed by atoms with E-state index in [1.54, 1.807) is 0 Å². The molecule has 0 aromatic heterocycles. The van der Waals surface area contributed by atoms with Crippen LogP contribution >= 0.6 is 0 Å². The zero-order chi connectivity index (χ0) is 45.9. The van der Waals surface area contributed by atoms with E-state index in [0.29, 0.717) is 32.1 Å². The normalized spacial score (nSPS) is 26.0. The van der Waals surface area contributed by atoms with Crippen molar-refractivity contribution in [3.05, 3.63) is 133 Å². The van der Waals surface area contributed by atoms with Gasteiger partial charge in [0.2, 0.25) is 0 Å². The van der Waals surface area contributed by atoms with Crippen molar-refractivity contribution in [2.45, 2.75) is 148 Å². The van der Waals surface area contributed by atoms with Gasteiger partial charge in [-0.3, -0.25) is 9.59 Å². The van der Waals surface area contributed by atoms with Crippen molar-refractivity contribution in [1.29, 1.82) is 0 Å². The van der Waals surface area contributed by atoms with E-state index in [0.717, 1.165) is 12.0 Å². The first-order chi connectivity index (χ1) is 30.5. The van der Waals surface area contributed by atoms with Gasteiger partial charge in [0.05, 0.1) is 30.7 Å². The first kappa shape index (κ1) is 47.8. The molecule has 0 spiro atoms. The van der Waals surface area contributed by atoms with Crippen LogP contribution in [0.2, 0.25) is 10.1 Å². The smallest absolute Gasteiger partial charge is 0.308 e. The van der Waals surface area contributed by atoms with Gasteiger partial charge >= 0.3 is 11.9 Å². The van der Waals surface area contributed by atoms with Crippen LogP contribution in [0, 0.1) is 23.7 Å². The maximum absolute atomic E-state index is 13.8. The van der Waals surface area contributed by atoms with Gasteiger partial charge < -0.3 is 23.4 Å². The number of aliphatic hydroxyl groups is 1. The number of esters is 2. The van der Waals surface area contributed by atoms with Crippen LogP contribution in [0.3, 0.4) is 0 Å². The molecule has 7 nitrogen and oxygen atoms in total. The van der Waals surface area contributed by atoms with Gasteiger partial charge in [-0.25, -0.2) is 0 Å². The fraction of sp³-hybridized carbons (Fsp3) is 0.491. The van der Waals surface area contributed by atoms with Gasteiger partial charge in [0.1, 0.15) is 12.2 Å². The third kappa shape index (κ3) is 9.71. The quantitative estimate of drug-likeness (QED) is 0.0767. The van der Waals surface area contributed by atoms with Crippen molar-refractivity contribution < 1.29 is 33.0 Å². The number of fused-ring (bicyclic) bond motifs is 1. The molecule has 1 heterocycles. The molecule has 7 rings (SSSR count). The number of cyclic esters (lactones) is 1. The molecule has 2 aliphatic carbocycles. The Kier molecular flexibility index (Phi) is 14.8. The number of carbonyl (C=O) groups excluding carboxylic acids is 2. The highest BCUT2D eigenvalue weighted by atomic mass is 28.4. The molecule has 0 amide bonds. The maximum atomic E-state index is 13.8. The fourth-order valence-electron chi connectivity index (χ4n) is 11.3. The minimum atomic E-state index is -2.99. The van der Waals surface area contributed by atoms with E-state index in [4.69, 9.17) is 18.3 Å². The molecule has 9 atom stereocenters.